The monoisotopic (exact) mass is 169 g/mol. The molecular weight excluding hydrogens is 150 g/mol. The van der Waals surface area contributed by atoms with Crippen LogP contribution in [0.15, 0.2) is 11.6 Å². The highest BCUT2D eigenvalue weighted by Gasteiger charge is 2.47. The number of allylic oxidation sites excluding steroid dienone is 2. The van der Waals surface area contributed by atoms with Gasteiger partial charge in [0.1, 0.15) is 0 Å². The van der Waals surface area contributed by atoms with E-state index in [0.717, 1.165) is 12.8 Å². The third kappa shape index (κ3) is 2.32. The maximum atomic E-state index is 8.87. The zero-order valence-corrected chi connectivity index (χ0v) is 8.22. The lowest BCUT2D eigenvalue weighted by atomic mass is 10.0. The third-order valence-corrected chi connectivity index (χ3v) is 2.59. The van der Waals surface area contributed by atoms with Crippen LogP contribution in [0.1, 0.15) is 33.6 Å². The molecule has 2 heteroatoms. The van der Waals surface area contributed by atoms with Gasteiger partial charge in [-0.15, -0.1) is 0 Å². The molecule has 1 rings (SSSR count). The smallest absolute Gasteiger partial charge is 0.0602 e. The van der Waals surface area contributed by atoms with E-state index in [2.05, 4.69) is 32.2 Å². The quantitative estimate of drug-likeness (QED) is 0.494. The molecule has 1 fully saturated rings. The van der Waals surface area contributed by atoms with E-state index in [4.69, 9.17) is 5.11 Å². The maximum absolute atomic E-state index is 8.87. The van der Waals surface area contributed by atoms with Gasteiger partial charge < -0.3 is 10.4 Å². The Morgan fingerprint density at radius 3 is 2.67 bits per heavy atom. The van der Waals surface area contributed by atoms with Crippen LogP contribution in [0.4, 0.5) is 0 Å². The predicted molar refractivity (Wildman–Crippen MR) is 51.1 cm³/mol. The molecule has 1 saturated heterocycles. The fourth-order valence-electron chi connectivity index (χ4n) is 1.51. The average molecular weight is 169 g/mol. The molecule has 1 aliphatic rings. The normalized spacial score (nSPS) is 33.2. The lowest BCUT2D eigenvalue weighted by Crippen LogP contribution is -2.12. The van der Waals surface area contributed by atoms with E-state index >= 15 is 0 Å². The van der Waals surface area contributed by atoms with Gasteiger partial charge in [-0.25, -0.2) is 0 Å². The van der Waals surface area contributed by atoms with Gasteiger partial charge in [-0.1, -0.05) is 11.6 Å². The molecule has 0 amide bonds. The van der Waals surface area contributed by atoms with E-state index in [9.17, 15) is 0 Å². The second-order valence-electron chi connectivity index (χ2n) is 4.12. The summed E-state index contributed by atoms with van der Waals surface area (Å²) >= 11 is 0. The molecule has 0 aromatic heterocycles. The van der Waals surface area contributed by atoms with E-state index < -0.39 is 0 Å². The van der Waals surface area contributed by atoms with E-state index in [1.165, 1.54) is 5.57 Å². The number of aliphatic hydroxyl groups is 1. The first-order chi connectivity index (χ1) is 5.58. The Morgan fingerprint density at radius 2 is 2.25 bits per heavy atom. The molecule has 12 heavy (non-hydrogen) atoms. The van der Waals surface area contributed by atoms with Crippen molar-refractivity contribution in [2.75, 3.05) is 6.61 Å². The first-order valence-corrected chi connectivity index (χ1v) is 4.60. The van der Waals surface area contributed by atoms with Crippen molar-refractivity contribution in [1.82, 2.24) is 5.32 Å². The molecule has 0 aromatic rings. The van der Waals surface area contributed by atoms with Gasteiger partial charge in [-0.05, 0) is 33.6 Å². The minimum atomic E-state index is 0.209. The number of aliphatic hydroxyl groups excluding tert-OH is 1. The van der Waals surface area contributed by atoms with Crippen LogP contribution in [0, 0.1) is 0 Å². The van der Waals surface area contributed by atoms with Crippen LogP contribution in [0.3, 0.4) is 0 Å². The molecular formula is C10H19NO. The summed E-state index contributed by atoms with van der Waals surface area (Å²) < 4.78 is 0. The molecule has 1 heterocycles. The van der Waals surface area contributed by atoms with Gasteiger partial charge in [-0.3, -0.25) is 0 Å². The first kappa shape index (κ1) is 9.75. The van der Waals surface area contributed by atoms with Gasteiger partial charge in [0.25, 0.3) is 0 Å². The lowest BCUT2D eigenvalue weighted by molar-refractivity contribution is 0.288. The molecule has 70 valence electrons. The van der Waals surface area contributed by atoms with Gasteiger partial charge in [0.2, 0.25) is 0 Å². The fourth-order valence-corrected chi connectivity index (χ4v) is 1.51. The van der Waals surface area contributed by atoms with Gasteiger partial charge in [0.05, 0.1) is 6.61 Å². The van der Waals surface area contributed by atoms with Crippen molar-refractivity contribution < 1.29 is 5.11 Å². The Balaban J connectivity index is 2.21. The Bertz CT molecular complexity index is 184. The zero-order valence-electron chi connectivity index (χ0n) is 8.22. The van der Waals surface area contributed by atoms with Crippen molar-refractivity contribution in [3.63, 3.8) is 0 Å². The molecule has 2 atom stereocenters. The second kappa shape index (κ2) is 3.58. The minimum Gasteiger partial charge on any atom is -0.395 e. The summed E-state index contributed by atoms with van der Waals surface area (Å²) in [4.78, 5) is 0. The molecule has 0 radical (unpaired) electrons. The Kier molecular flexibility index (Phi) is 2.91. The molecule has 1 aliphatic heterocycles. The molecule has 0 saturated carbocycles. The maximum Gasteiger partial charge on any atom is 0.0602 e. The summed E-state index contributed by atoms with van der Waals surface area (Å²) in [6.07, 6.45) is 4.49. The van der Waals surface area contributed by atoms with Gasteiger partial charge in [-0.2, -0.15) is 0 Å². The summed E-state index contributed by atoms with van der Waals surface area (Å²) in [6, 6.07) is 0.336. The van der Waals surface area contributed by atoms with Crippen molar-refractivity contribution in [1.29, 1.82) is 0 Å². The van der Waals surface area contributed by atoms with Crippen LogP contribution in [-0.4, -0.2) is 23.3 Å². The number of rotatable bonds is 4. The van der Waals surface area contributed by atoms with Crippen molar-refractivity contribution in [2.45, 2.75) is 45.2 Å². The summed E-state index contributed by atoms with van der Waals surface area (Å²) in [5, 5.41) is 12.2. The first-order valence-electron chi connectivity index (χ1n) is 4.60. The zero-order chi connectivity index (χ0) is 9.19. The summed E-state index contributed by atoms with van der Waals surface area (Å²) in [7, 11) is 0. The van der Waals surface area contributed by atoms with Crippen LogP contribution >= 0.6 is 0 Å². The van der Waals surface area contributed by atoms with Crippen LogP contribution in [-0.2, 0) is 0 Å². The highest BCUT2D eigenvalue weighted by Crippen LogP contribution is 2.30. The largest absolute Gasteiger partial charge is 0.395 e. The van der Waals surface area contributed by atoms with Crippen LogP contribution in [0.25, 0.3) is 0 Å². The van der Waals surface area contributed by atoms with Crippen molar-refractivity contribution in [2.24, 2.45) is 0 Å². The fraction of sp³-hybridized carbons (Fsp3) is 0.800. The van der Waals surface area contributed by atoms with E-state index in [1.54, 1.807) is 0 Å². The highest BCUT2D eigenvalue weighted by atomic mass is 16.3. The SMILES string of the molecule is CC(C)=CCC[C@]1(C)N[C@H]1CO. The van der Waals surface area contributed by atoms with E-state index in [-0.39, 0.29) is 12.1 Å². The topological polar surface area (TPSA) is 42.2 Å². The van der Waals surface area contributed by atoms with Crippen molar-refractivity contribution in [3.05, 3.63) is 11.6 Å². The second-order valence-corrected chi connectivity index (χ2v) is 4.12. The summed E-state index contributed by atoms with van der Waals surface area (Å²) in [5.74, 6) is 0. The van der Waals surface area contributed by atoms with E-state index in [0.29, 0.717) is 6.04 Å². The predicted octanol–water partition coefficient (Wildman–Crippen LogP) is 1.46. The molecule has 0 aliphatic carbocycles. The van der Waals surface area contributed by atoms with Crippen molar-refractivity contribution in [3.8, 4) is 0 Å². The lowest BCUT2D eigenvalue weighted by Gasteiger charge is -2.05. The van der Waals surface area contributed by atoms with Crippen molar-refractivity contribution >= 4 is 0 Å². The Morgan fingerprint density at radius 1 is 1.58 bits per heavy atom. The highest BCUT2D eigenvalue weighted by molar-refractivity contribution is 5.11. The van der Waals surface area contributed by atoms with Gasteiger partial charge in [0, 0.05) is 11.6 Å². The van der Waals surface area contributed by atoms with Crippen LogP contribution in [0.5, 0.6) is 0 Å². The molecule has 2 nitrogen and oxygen atoms in total. The van der Waals surface area contributed by atoms with Gasteiger partial charge >= 0.3 is 0 Å². The number of nitrogens with one attached hydrogen (secondary N) is 1. The summed E-state index contributed by atoms with van der Waals surface area (Å²) in [5.41, 5.74) is 1.58. The molecule has 0 spiro atoms. The molecule has 0 unspecified atom stereocenters. The molecule has 0 aromatic carbocycles. The average Bonchev–Trinajstić information content (AvgIpc) is 2.61. The minimum absolute atomic E-state index is 0.209. The molecule has 2 N–H and O–H groups in total. The van der Waals surface area contributed by atoms with Crippen LogP contribution in [0.2, 0.25) is 0 Å². The number of hydrogen-bond acceptors (Lipinski definition) is 2. The Labute approximate surface area is 74.7 Å². The van der Waals surface area contributed by atoms with Gasteiger partial charge in [0.15, 0.2) is 0 Å². The Hall–Kier alpha value is -0.340. The standard InChI is InChI=1S/C10H19NO/c1-8(2)5-4-6-10(3)9(7-12)11-10/h5,9,11-12H,4,6-7H2,1-3H3/t9-,10-/m0/s1. The number of hydrogen-bond donors (Lipinski definition) is 2. The molecule has 0 bridgehead atoms. The third-order valence-electron chi connectivity index (χ3n) is 2.59. The van der Waals surface area contributed by atoms with E-state index in [1.807, 2.05) is 0 Å². The summed E-state index contributed by atoms with van der Waals surface area (Å²) in [6.45, 7) is 6.68. The van der Waals surface area contributed by atoms with Crippen LogP contribution < -0.4 is 5.32 Å².